The van der Waals surface area contributed by atoms with E-state index in [-0.39, 0.29) is 12.5 Å². The van der Waals surface area contributed by atoms with Gasteiger partial charge < -0.3 is 15.0 Å². The standard InChI is InChI=1S/C27H26N4O5S/c1-3-36-21-12-8-7-11-20(21)28-23(33)16-30-26-24(19-13-14-29(17(2)32)15-22(19)37-26)25(34)31(27(30)35)18-9-5-4-6-10-18/h4-12H,3,13-16H2,1-2H3,(H,28,33). The number of amides is 2. The SMILES string of the molecule is CCOc1ccccc1NC(=O)Cn1c(=O)n(-c2ccccc2)c(=O)c2c3c(sc21)CN(C(C)=O)CC3. The van der Waals surface area contributed by atoms with Crippen LogP contribution in [0.25, 0.3) is 15.9 Å². The summed E-state index contributed by atoms with van der Waals surface area (Å²) in [6, 6.07) is 15.8. The highest BCUT2D eigenvalue weighted by atomic mass is 32.1. The molecule has 0 unspecified atom stereocenters. The molecule has 190 valence electrons. The van der Waals surface area contributed by atoms with E-state index in [1.807, 2.05) is 13.0 Å². The fraction of sp³-hybridized carbons (Fsp3) is 0.259. The minimum absolute atomic E-state index is 0.0467. The average molecular weight is 519 g/mol. The lowest BCUT2D eigenvalue weighted by Crippen LogP contribution is -2.41. The number of carbonyl (C=O) groups excluding carboxylic acids is 2. The Hall–Kier alpha value is -4.18. The van der Waals surface area contributed by atoms with E-state index in [4.69, 9.17) is 4.74 Å². The molecule has 5 rings (SSSR count). The maximum atomic E-state index is 13.7. The molecule has 0 aliphatic carbocycles. The Balaban J connectivity index is 1.64. The second-order valence-corrected chi connectivity index (χ2v) is 9.78. The molecular weight excluding hydrogens is 492 g/mol. The van der Waals surface area contributed by atoms with E-state index in [2.05, 4.69) is 5.32 Å². The van der Waals surface area contributed by atoms with Crippen LogP contribution >= 0.6 is 11.3 Å². The van der Waals surface area contributed by atoms with Gasteiger partial charge in [-0.15, -0.1) is 11.3 Å². The highest BCUT2D eigenvalue weighted by molar-refractivity contribution is 7.18. The van der Waals surface area contributed by atoms with Crippen molar-refractivity contribution in [1.29, 1.82) is 0 Å². The van der Waals surface area contributed by atoms with Crippen molar-refractivity contribution < 1.29 is 14.3 Å². The van der Waals surface area contributed by atoms with E-state index in [9.17, 15) is 19.2 Å². The molecule has 0 saturated carbocycles. The zero-order valence-electron chi connectivity index (χ0n) is 20.5. The number of nitrogens with zero attached hydrogens (tertiary/aromatic N) is 3. The average Bonchev–Trinajstić information content (AvgIpc) is 3.27. The molecular formula is C27H26N4O5S. The molecule has 1 N–H and O–H groups in total. The van der Waals surface area contributed by atoms with Crippen LogP contribution < -0.4 is 21.3 Å². The van der Waals surface area contributed by atoms with Gasteiger partial charge in [0, 0.05) is 18.3 Å². The molecule has 0 bridgehead atoms. The fourth-order valence-corrected chi connectivity index (χ4v) is 5.95. The summed E-state index contributed by atoms with van der Waals surface area (Å²) in [7, 11) is 0. The Morgan fingerprint density at radius 3 is 2.51 bits per heavy atom. The maximum Gasteiger partial charge on any atom is 0.337 e. The predicted octanol–water partition coefficient (Wildman–Crippen LogP) is 3.16. The van der Waals surface area contributed by atoms with Crippen molar-refractivity contribution in [2.24, 2.45) is 0 Å². The van der Waals surface area contributed by atoms with Crippen molar-refractivity contribution in [3.63, 3.8) is 0 Å². The first kappa shape index (κ1) is 24.5. The summed E-state index contributed by atoms with van der Waals surface area (Å²) in [5.41, 5.74) is 0.745. The van der Waals surface area contributed by atoms with Crippen molar-refractivity contribution >= 4 is 39.1 Å². The Morgan fingerprint density at radius 1 is 1.05 bits per heavy atom. The van der Waals surface area contributed by atoms with E-state index in [0.29, 0.717) is 53.5 Å². The van der Waals surface area contributed by atoms with Crippen LogP contribution in [0.5, 0.6) is 5.75 Å². The number of para-hydroxylation sites is 3. The molecule has 0 atom stereocenters. The summed E-state index contributed by atoms with van der Waals surface area (Å²) < 4.78 is 8.07. The van der Waals surface area contributed by atoms with Crippen molar-refractivity contribution in [2.75, 3.05) is 18.5 Å². The maximum absolute atomic E-state index is 13.7. The Morgan fingerprint density at radius 2 is 1.78 bits per heavy atom. The van der Waals surface area contributed by atoms with Crippen LogP contribution in [0.15, 0.2) is 64.2 Å². The second-order valence-electron chi connectivity index (χ2n) is 8.70. The molecule has 2 amide bonds. The molecule has 2 aromatic heterocycles. The predicted molar refractivity (Wildman–Crippen MR) is 143 cm³/mol. The third-order valence-electron chi connectivity index (χ3n) is 6.35. The van der Waals surface area contributed by atoms with Gasteiger partial charge in [0.25, 0.3) is 5.56 Å². The third-order valence-corrected chi connectivity index (χ3v) is 7.58. The molecule has 10 heteroatoms. The van der Waals surface area contributed by atoms with Crippen molar-refractivity contribution in [3.8, 4) is 11.4 Å². The third kappa shape index (κ3) is 4.55. The first-order valence-corrected chi connectivity index (χ1v) is 12.8. The smallest absolute Gasteiger partial charge is 0.337 e. The number of nitrogens with one attached hydrogen (secondary N) is 1. The number of fused-ring (bicyclic) bond motifs is 3. The van der Waals surface area contributed by atoms with Gasteiger partial charge in [0.05, 0.1) is 29.9 Å². The van der Waals surface area contributed by atoms with Gasteiger partial charge >= 0.3 is 5.69 Å². The summed E-state index contributed by atoms with van der Waals surface area (Å²) >= 11 is 1.29. The van der Waals surface area contributed by atoms with Crippen LogP contribution in [-0.4, -0.2) is 39.0 Å². The zero-order chi connectivity index (χ0) is 26.1. The number of rotatable bonds is 6. The number of hydrogen-bond donors (Lipinski definition) is 1. The van der Waals surface area contributed by atoms with E-state index < -0.39 is 17.2 Å². The Bertz CT molecular complexity index is 1620. The summed E-state index contributed by atoms with van der Waals surface area (Å²) in [4.78, 5) is 55.6. The molecule has 3 heterocycles. The summed E-state index contributed by atoms with van der Waals surface area (Å²) in [6.45, 7) is 4.38. The molecule has 1 aliphatic rings. The van der Waals surface area contributed by atoms with Gasteiger partial charge in [-0.05, 0) is 43.2 Å². The molecule has 0 radical (unpaired) electrons. The normalized spacial score (nSPS) is 12.9. The molecule has 0 spiro atoms. The van der Waals surface area contributed by atoms with Crippen LogP contribution in [-0.2, 0) is 29.1 Å². The number of ether oxygens (including phenoxy) is 1. The second kappa shape index (κ2) is 10.1. The van der Waals surface area contributed by atoms with E-state index in [1.54, 1.807) is 53.4 Å². The van der Waals surface area contributed by atoms with E-state index in [1.165, 1.54) is 22.8 Å². The highest BCUT2D eigenvalue weighted by Gasteiger charge is 2.28. The number of hydrogen-bond acceptors (Lipinski definition) is 6. The summed E-state index contributed by atoms with van der Waals surface area (Å²) in [5.74, 6) is 0.0566. The minimum Gasteiger partial charge on any atom is -0.492 e. The fourth-order valence-electron chi connectivity index (χ4n) is 4.60. The van der Waals surface area contributed by atoms with E-state index in [0.717, 1.165) is 15.0 Å². The Labute approximate surface area is 216 Å². The highest BCUT2D eigenvalue weighted by Crippen LogP contribution is 2.33. The number of benzene rings is 2. The number of aromatic nitrogens is 2. The van der Waals surface area contributed by atoms with Gasteiger partial charge in [0.2, 0.25) is 11.8 Å². The lowest BCUT2D eigenvalue weighted by molar-refractivity contribution is -0.129. The zero-order valence-corrected chi connectivity index (χ0v) is 21.3. The van der Waals surface area contributed by atoms with Gasteiger partial charge in [-0.3, -0.25) is 19.0 Å². The molecule has 9 nitrogen and oxygen atoms in total. The minimum atomic E-state index is -0.598. The monoisotopic (exact) mass is 518 g/mol. The van der Waals surface area contributed by atoms with Crippen molar-refractivity contribution in [3.05, 3.63) is 85.9 Å². The lowest BCUT2D eigenvalue weighted by Gasteiger charge is -2.25. The van der Waals surface area contributed by atoms with E-state index >= 15 is 0 Å². The Kier molecular flexibility index (Phi) is 6.66. The molecule has 4 aromatic rings. The quantitative estimate of drug-likeness (QED) is 0.423. The van der Waals surface area contributed by atoms with Gasteiger partial charge in [-0.1, -0.05) is 30.3 Å². The molecule has 1 aliphatic heterocycles. The summed E-state index contributed by atoms with van der Waals surface area (Å²) in [6.07, 6.45) is 0.505. The number of thiophene rings is 1. The van der Waals surface area contributed by atoms with Crippen LogP contribution in [0.1, 0.15) is 24.3 Å². The topological polar surface area (TPSA) is 103 Å². The molecule has 2 aromatic carbocycles. The van der Waals surface area contributed by atoms with Crippen molar-refractivity contribution in [2.45, 2.75) is 33.4 Å². The van der Waals surface area contributed by atoms with Gasteiger partial charge in [0.15, 0.2) is 0 Å². The number of carbonyl (C=O) groups is 2. The van der Waals surface area contributed by atoms with Gasteiger partial charge in [-0.2, -0.15) is 0 Å². The van der Waals surface area contributed by atoms with Crippen molar-refractivity contribution in [1.82, 2.24) is 14.0 Å². The van der Waals surface area contributed by atoms with Gasteiger partial charge in [0.1, 0.15) is 17.1 Å². The molecule has 0 fully saturated rings. The number of anilines is 1. The summed E-state index contributed by atoms with van der Waals surface area (Å²) in [5, 5.41) is 3.26. The molecule has 37 heavy (non-hydrogen) atoms. The lowest BCUT2D eigenvalue weighted by atomic mass is 10.1. The first-order chi connectivity index (χ1) is 17.9. The molecule has 0 saturated heterocycles. The first-order valence-electron chi connectivity index (χ1n) is 12.0. The van der Waals surface area contributed by atoms with Crippen LogP contribution in [0, 0.1) is 0 Å². The van der Waals surface area contributed by atoms with Gasteiger partial charge in [-0.25, -0.2) is 9.36 Å². The van der Waals surface area contributed by atoms with Crippen LogP contribution in [0.2, 0.25) is 0 Å². The largest absolute Gasteiger partial charge is 0.492 e. The van der Waals surface area contributed by atoms with Crippen LogP contribution in [0.3, 0.4) is 0 Å². The van der Waals surface area contributed by atoms with Crippen LogP contribution in [0.4, 0.5) is 5.69 Å².